The van der Waals surface area contributed by atoms with E-state index in [9.17, 15) is 4.79 Å². The minimum Gasteiger partial charge on any atom is -0.491 e. The van der Waals surface area contributed by atoms with Gasteiger partial charge in [-0.1, -0.05) is 0 Å². The summed E-state index contributed by atoms with van der Waals surface area (Å²) in [6.45, 7) is 9.67. The Hall–Kier alpha value is -4.07. The lowest BCUT2D eigenvalue weighted by Crippen LogP contribution is -2.60. The lowest BCUT2D eigenvalue weighted by molar-refractivity contribution is 0.146. The van der Waals surface area contributed by atoms with Crippen molar-refractivity contribution in [1.29, 1.82) is 0 Å². The number of aliphatic imine (C=N–C) groups is 1. The van der Waals surface area contributed by atoms with E-state index in [1.807, 2.05) is 24.3 Å². The van der Waals surface area contributed by atoms with Gasteiger partial charge in [-0.2, -0.15) is 4.98 Å². The van der Waals surface area contributed by atoms with Crippen LogP contribution in [0.4, 0.5) is 11.5 Å². The van der Waals surface area contributed by atoms with Gasteiger partial charge >= 0.3 is 5.69 Å². The first-order valence-corrected chi connectivity index (χ1v) is 13.8. The summed E-state index contributed by atoms with van der Waals surface area (Å²) in [5.74, 6) is 8.78. The van der Waals surface area contributed by atoms with Crippen molar-refractivity contribution in [2.24, 2.45) is 17.9 Å². The Morgan fingerprint density at radius 2 is 1.90 bits per heavy atom. The minimum absolute atomic E-state index is 0.103. The Morgan fingerprint density at radius 3 is 2.61 bits per heavy atom. The van der Waals surface area contributed by atoms with Crippen molar-refractivity contribution in [2.45, 2.75) is 25.9 Å². The normalized spacial score (nSPS) is 17.2. The van der Waals surface area contributed by atoms with Crippen LogP contribution in [0.1, 0.15) is 25.3 Å². The summed E-state index contributed by atoms with van der Waals surface area (Å²) in [5.41, 5.74) is 2.19. The molecule has 5 heterocycles. The summed E-state index contributed by atoms with van der Waals surface area (Å²) in [5, 5.41) is 1.49. The van der Waals surface area contributed by atoms with Crippen LogP contribution in [-0.2, 0) is 18.3 Å². The number of methoxy groups -OCH3 is 1. The third kappa shape index (κ3) is 4.89. The molecule has 0 bridgehead atoms. The van der Waals surface area contributed by atoms with Crippen LogP contribution < -0.4 is 26.2 Å². The van der Waals surface area contributed by atoms with E-state index in [1.165, 1.54) is 5.01 Å². The highest BCUT2D eigenvalue weighted by Crippen LogP contribution is 2.30. The topological polar surface area (TPSA) is 124 Å². The van der Waals surface area contributed by atoms with Crippen molar-refractivity contribution < 1.29 is 13.9 Å². The third-order valence-corrected chi connectivity index (χ3v) is 7.83. The number of nitrogens with two attached hydrogens (primary N) is 1. The standard InChI is InChI=1S/C28H37N9O4/c1-28(2)18-33(12-14-35(28)20-7-9-21(10-8-20)40-17-16-39-4)11-13-34-26-31-25-24(37(26)32(3)27(34)38)23(30-19-36(25)29)22-6-5-15-41-22/h5-10,15H,11-14,16-19,29H2,1-4H3. The number of aromatic nitrogens is 4. The van der Waals surface area contributed by atoms with Crippen LogP contribution in [0.15, 0.2) is 56.9 Å². The summed E-state index contributed by atoms with van der Waals surface area (Å²) in [6, 6.07) is 11.9. The van der Waals surface area contributed by atoms with Crippen LogP contribution in [0.5, 0.6) is 5.75 Å². The third-order valence-electron chi connectivity index (χ3n) is 7.83. The van der Waals surface area contributed by atoms with E-state index >= 15 is 0 Å². The molecule has 0 atom stereocenters. The van der Waals surface area contributed by atoms with E-state index in [1.54, 1.807) is 34.2 Å². The van der Waals surface area contributed by atoms with Gasteiger partial charge < -0.3 is 18.8 Å². The molecule has 1 fully saturated rings. The number of furan rings is 1. The largest absolute Gasteiger partial charge is 0.491 e. The molecule has 41 heavy (non-hydrogen) atoms. The second kappa shape index (κ2) is 10.7. The molecule has 2 aliphatic heterocycles. The highest BCUT2D eigenvalue weighted by molar-refractivity contribution is 6.14. The average molecular weight is 564 g/mol. The molecule has 0 radical (unpaired) electrons. The molecule has 0 aliphatic carbocycles. The molecule has 0 spiro atoms. The van der Waals surface area contributed by atoms with Gasteiger partial charge in [0.15, 0.2) is 11.6 Å². The van der Waals surface area contributed by atoms with Gasteiger partial charge in [-0.3, -0.25) is 19.5 Å². The van der Waals surface area contributed by atoms with Gasteiger partial charge in [-0.25, -0.2) is 19.8 Å². The maximum Gasteiger partial charge on any atom is 0.345 e. The number of hydrogen-bond acceptors (Lipinski definition) is 10. The smallest absolute Gasteiger partial charge is 0.345 e. The van der Waals surface area contributed by atoms with Gasteiger partial charge in [0.25, 0.3) is 0 Å². The molecule has 13 nitrogen and oxygen atoms in total. The van der Waals surface area contributed by atoms with Crippen molar-refractivity contribution in [3.05, 3.63) is 64.6 Å². The Balaban J connectivity index is 1.18. The lowest BCUT2D eigenvalue weighted by Gasteiger charge is -2.48. The Labute approximate surface area is 237 Å². The van der Waals surface area contributed by atoms with Crippen molar-refractivity contribution in [2.75, 3.05) is 63.1 Å². The first-order valence-electron chi connectivity index (χ1n) is 13.8. The van der Waals surface area contributed by atoms with Crippen LogP contribution in [0, 0.1) is 0 Å². The van der Waals surface area contributed by atoms with Crippen LogP contribution in [0.2, 0.25) is 0 Å². The fourth-order valence-corrected chi connectivity index (χ4v) is 5.82. The predicted molar refractivity (Wildman–Crippen MR) is 156 cm³/mol. The number of nitrogens with zero attached hydrogens (tertiary/aromatic N) is 8. The fourth-order valence-electron chi connectivity index (χ4n) is 5.82. The molecular weight excluding hydrogens is 526 g/mol. The molecule has 13 heteroatoms. The number of aryl methyl sites for hydroxylation is 1. The van der Waals surface area contributed by atoms with E-state index in [-0.39, 0.29) is 17.9 Å². The lowest BCUT2D eigenvalue weighted by atomic mass is 9.97. The van der Waals surface area contributed by atoms with E-state index in [0.717, 1.165) is 31.1 Å². The Bertz CT molecular complexity index is 1600. The van der Waals surface area contributed by atoms with E-state index in [0.29, 0.717) is 55.1 Å². The van der Waals surface area contributed by atoms with Crippen molar-refractivity contribution in [3.63, 3.8) is 0 Å². The highest BCUT2D eigenvalue weighted by atomic mass is 16.5. The van der Waals surface area contributed by atoms with Gasteiger partial charge in [-0.15, -0.1) is 0 Å². The average Bonchev–Trinajstić information content (AvgIpc) is 3.67. The summed E-state index contributed by atoms with van der Waals surface area (Å²) in [6.07, 6.45) is 1.60. The van der Waals surface area contributed by atoms with E-state index in [4.69, 9.17) is 24.7 Å². The van der Waals surface area contributed by atoms with E-state index in [2.05, 4.69) is 40.8 Å². The van der Waals surface area contributed by atoms with Crippen LogP contribution in [0.3, 0.4) is 0 Å². The minimum atomic E-state index is -0.144. The fraction of sp³-hybridized carbons (Fsp3) is 0.464. The quantitative estimate of drug-likeness (QED) is 0.239. The predicted octanol–water partition coefficient (Wildman–Crippen LogP) is 1.54. The van der Waals surface area contributed by atoms with Crippen LogP contribution >= 0.6 is 0 Å². The zero-order valence-corrected chi connectivity index (χ0v) is 24.0. The molecule has 2 N–H and O–H groups in total. The summed E-state index contributed by atoms with van der Waals surface area (Å²) >= 11 is 0. The zero-order valence-electron chi connectivity index (χ0n) is 24.0. The van der Waals surface area contributed by atoms with Crippen molar-refractivity contribution >= 4 is 23.0 Å². The number of hydrazine groups is 1. The number of anilines is 2. The molecular formula is C28H37N9O4. The number of fused-ring (bicyclic) bond motifs is 3. The molecule has 3 aromatic heterocycles. The summed E-state index contributed by atoms with van der Waals surface area (Å²) < 4.78 is 21.5. The molecule has 4 aromatic rings. The first-order chi connectivity index (χ1) is 19.8. The molecule has 6 rings (SSSR count). The molecule has 0 unspecified atom stereocenters. The maximum absolute atomic E-state index is 13.4. The second-order valence-corrected chi connectivity index (χ2v) is 11.0. The number of hydrogen-bond donors (Lipinski definition) is 1. The molecule has 1 aromatic carbocycles. The summed E-state index contributed by atoms with van der Waals surface area (Å²) in [7, 11) is 3.40. The van der Waals surface area contributed by atoms with Crippen molar-refractivity contribution in [1.82, 2.24) is 23.6 Å². The molecule has 218 valence electrons. The van der Waals surface area contributed by atoms with Gasteiger partial charge in [0.05, 0.1) is 12.9 Å². The van der Waals surface area contributed by atoms with Crippen molar-refractivity contribution in [3.8, 4) is 5.75 Å². The van der Waals surface area contributed by atoms with Gasteiger partial charge in [0.1, 0.15) is 30.4 Å². The Morgan fingerprint density at radius 1 is 1.10 bits per heavy atom. The maximum atomic E-state index is 13.4. The van der Waals surface area contributed by atoms with Gasteiger partial charge in [-0.05, 0) is 50.2 Å². The van der Waals surface area contributed by atoms with Gasteiger partial charge in [0.2, 0.25) is 5.78 Å². The molecule has 0 saturated carbocycles. The summed E-state index contributed by atoms with van der Waals surface area (Å²) in [4.78, 5) is 27.6. The van der Waals surface area contributed by atoms with Crippen LogP contribution in [0.25, 0.3) is 5.78 Å². The molecule has 2 aliphatic rings. The monoisotopic (exact) mass is 563 g/mol. The molecule has 1 saturated heterocycles. The van der Waals surface area contributed by atoms with Gasteiger partial charge in [0, 0.05) is 58.1 Å². The number of rotatable bonds is 9. The SMILES string of the molecule is COCCOc1ccc(N2CCN(CCn3c(=O)n(C)n4c5c(nc34)N(N)CN=C5c3ccco3)CC2(C)C)cc1. The molecule has 0 amide bonds. The number of imidazole rings is 1. The van der Waals surface area contributed by atoms with Crippen LogP contribution in [-0.4, -0.2) is 88.1 Å². The Kier molecular flexibility index (Phi) is 7.09. The van der Waals surface area contributed by atoms with E-state index < -0.39 is 0 Å². The number of ether oxygens (including phenoxy) is 2. The highest BCUT2D eigenvalue weighted by Gasteiger charge is 2.35. The zero-order chi connectivity index (χ0) is 28.7. The first kappa shape index (κ1) is 27.1. The number of piperazine rings is 1. The number of benzene rings is 1. The second-order valence-electron chi connectivity index (χ2n) is 11.0.